The van der Waals surface area contributed by atoms with Crippen LogP contribution >= 0.6 is 11.3 Å². The molecular weight excluding hydrogens is 206 g/mol. The van der Waals surface area contributed by atoms with E-state index in [-0.39, 0.29) is 6.04 Å². The fourth-order valence-corrected chi connectivity index (χ4v) is 2.21. The van der Waals surface area contributed by atoms with E-state index >= 15 is 0 Å². The molecule has 86 valence electrons. The molecule has 0 aliphatic rings. The van der Waals surface area contributed by atoms with Gasteiger partial charge in [0.05, 0.1) is 6.61 Å². The first-order chi connectivity index (χ1) is 7.33. The number of hydrogen-bond acceptors (Lipinski definition) is 3. The largest absolute Gasteiger partial charge is 0.380 e. The topological polar surface area (TPSA) is 35.2 Å². The third kappa shape index (κ3) is 5.92. The highest BCUT2D eigenvalue weighted by atomic mass is 32.1. The highest BCUT2D eigenvalue weighted by Crippen LogP contribution is 2.12. The molecule has 0 spiro atoms. The standard InChI is InChI=1S/C12H21NOS/c1-2-8-14-10-11(13)5-3-6-12-7-4-9-15-12/h4,7,9,11H,2-3,5-6,8,10,13H2,1H3. The maximum absolute atomic E-state index is 5.93. The Bertz CT molecular complexity index is 236. The molecule has 1 aromatic heterocycles. The van der Waals surface area contributed by atoms with Gasteiger partial charge in [-0.2, -0.15) is 0 Å². The van der Waals surface area contributed by atoms with E-state index in [1.54, 1.807) is 0 Å². The van der Waals surface area contributed by atoms with Gasteiger partial charge in [0.1, 0.15) is 0 Å². The number of nitrogens with two attached hydrogens (primary N) is 1. The predicted octanol–water partition coefficient (Wildman–Crippen LogP) is 2.82. The van der Waals surface area contributed by atoms with Gasteiger partial charge in [-0.05, 0) is 37.1 Å². The Morgan fingerprint density at radius 3 is 3.07 bits per heavy atom. The highest BCUT2D eigenvalue weighted by molar-refractivity contribution is 7.09. The fraction of sp³-hybridized carbons (Fsp3) is 0.667. The summed E-state index contributed by atoms with van der Waals surface area (Å²) in [6, 6.07) is 4.49. The summed E-state index contributed by atoms with van der Waals surface area (Å²) in [7, 11) is 0. The number of ether oxygens (including phenoxy) is 1. The fourth-order valence-electron chi connectivity index (χ4n) is 1.46. The summed E-state index contributed by atoms with van der Waals surface area (Å²) in [5.41, 5.74) is 5.93. The Morgan fingerprint density at radius 2 is 2.40 bits per heavy atom. The zero-order valence-corrected chi connectivity index (χ0v) is 10.3. The first-order valence-electron chi connectivity index (χ1n) is 5.68. The Hall–Kier alpha value is -0.380. The van der Waals surface area contributed by atoms with Crippen LogP contribution in [0.2, 0.25) is 0 Å². The molecular formula is C12H21NOS. The van der Waals surface area contributed by atoms with Gasteiger partial charge >= 0.3 is 0 Å². The Labute approximate surface area is 96.4 Å². The molecule has 1 unspecified atom stereocenters. The summed E-state index contributed by atoms with van der Waals surface area (Å²) in [5, 5.41) is 2.12. The van der Waals surface area contributed by atoms with Gasteiger partial charge in [-0.15, -0.1) is 11.3 Å². The van der Waals surface area contributed by atoms with E-state index in [9.17, 15) is 0 Å². The van der Waals surface area contributed by atoms with Crippen LogP contribution in [0.3, 0.4) is 0 Å². The summed E-state index contributed by atoms with van der Waals surface area (Å²) in [4.78, 5) is 1.46. The second kappa shape index (κ2) is 7.85. The number of aryl methyl sites for hydroxylation is 1. The quantitative estimate of drug-likeness (QED) is 0.693. The molecule has 0 amide bonds. The average molecular weight is 227 g/mol. The van der Waals surface area contributed by atoms with E-state index < -0.39 is 0 Å². The van der Waals surface area contributed by atoms with Crippen molar-refractivity contribution < 1.29 is 4.74 Å². The third-order valence-electron chi connectivity index (χ3n) is 2.26. The van der Waals surface area contributed by atoms with E-state index in [4.69, 9.17) is 10.5 Å². The zero-order chi connectivity index (χ0) is 10.9. The maximum atomic E-state index is 5.93. The average Bonchev–Trinajstić information content (AvgIpc) is 2.71. The molecule has 0 radical (unpaired) electrons. The van der Waals surface area contributed by atoms with Crippen LogP contribution in [-0.4, -0.2) is 19.3 Å². The van der Waals surface area contributed by atoms with Crippen molar-refractivity contribution in [3.05, 3.63) is 22.4 Å². The first-order valence-corrected chi connectivity index (χ1v) is 6.56. The summed E-state index contributed by atoms with van der Waals surface area (Å²) in [6.07, 6.45) is 4.44. The van der Waals surface area contributed by atoms with Gasteiger partial charge in [0.25, 0.3) is 0 Å². The van der Waals surface area contributed by atoms with E-state index in [1.807, 2.05) is 11.3 Å². The minimum atomic E-state index is 0.205. The Kier molecular flexibility index (Phi) is 6.64. The van der Waals surface area contributed by atoms with Crippen LogP contribution in [0.4, 0.5) is 0 Å². The van der Waals surface area contributed by atoms with Gasteiger partial charge in [-0.3, -0.25) is 0 Å². The van der Waals surface area contributed by atoms with Crippen LogP contribution < -0.4 is 5.73 Å². The summed E-state index contributed by atoms with van der Waals surface area (Å²) in [6.45, 7) is 3.65. The van der Waals surface area contributed by atoms with Crippen molar-refractivity contribution in [3.63, 3.8) is 0 Å². The lowest BCUT2D eigenvalue weighted by atomic mass is 10.1. The molecule has 0 fully saturated rings. The van der Waals surface area contributed by atoms with Crippen molar-refractivity contribution in [2.75, 3.05) is 13.2 Å². The van der Waals surface area contributed by atoms with Crippen LogP contribution in [0.5, 0.6) is 0 Å². The lowest BCUT2D eigenvalue weighted by Gasteiger charge is -2.11. The molecule has 1 heterocycles. The van der Waals surface area contributed by atoms with Crippen molar-refractivity contribution in [2.45, 2.75) is 38.6 Å². The van der Waals surface area contributed by atoms with Crippen molar-refractivity contribution in [1.82, 2.24) is 0 Å². The number of rotatable bonds is 8. The number of thiophene rings is 1. The molecule has 0 bridgehead atoms. The van der Waals surface area contributed by atoms with E-state index in [0.717, 1.165) is 32.3 Å². The molecule has 1 aromatic rings. The molecule has 0 aromatic carbocycles. The minimum Gasteiger partial charge on any atom is -0.380 e. The summed E-state index contributed by atoms with van der Waals surface area (Å²) >= 11 is 1.82. The molecule has 3 heteroatoms. The molecule has 0 aliphatic carbocycles. The van der Waals surface area contributed by atoms with Crippen molar-refractivity contribution in [2.24, 2.45) is 5.73 Å². The third-order valence-corrected chi connectivity index (χ3v) is 3.19. The molecule has 1 rings (SSSR count). The summed E-state index contributed by atoms with van der Waals surface area (Å²) < 4.78 is 5.41. The van der Waals surface area contributed by atoms with Crippen LogP contribution in [-0.2, 0) is 11.2 Å². The van der Waals surface area contributed by atoms with Crippen molar-refractivity contribution in [1.29, 1.82) is 0 Å². The minimum absolute atomic E-state index is 0.205. The molecule has 0 saturated heterocycles. The zero-order valence-electron chi connectivity index (χ0n) is 9.45. The lowest BCUT2D eigenvalue weighted by molar-refractivity contribution is 0.119. The maximum Gasteiger partial charge on any atom is 0.0617 e. The smallest absolute Gasteiger partial charge is 0.0617 e. The molecule has 2 N–H and O–H groups in total. The molecule has 0 saturated carbocycles. The van der Waals surface area contributed by atoms with Gasteiger partial charge in [0.2, 0.25) is 0 Å². The molecule has 1 atom stereocenters. The summed E-state index contributed by atoms with van der Waals surface area (Å²) in [5.74, 6) is 0. The van der Waals surface area contributed by atoms with E-state index in [0.29, 0.717) is 6.61 Å². The predicted molar refractivity (Wildman–Crippen MR) is 66.3 cm³/mol. The van der Waals surface area contributed by atoms with Crippen LogP contribution in [0.25, 0.3) is 0 Å². The van der Waals surface area contributed by atoms with Gasteiger partial charge < -0.3 is 10.5 Å². The van der Waals surface area contributed by atoms with E-state index in [2.05, 4.69) is 24.4 Å². The Morgan fingerprint density at radius 1 is 1.53 bits per heavy atom. The van der Waals surface area contributed by atoms with Crippen LogP contribution in [0, 0.1) is 0 Å². The highest BCUT2D eigenvalue weighted by Gasteiger charge is 2.02. The first kappa shape index (κ1) is 12.7. The second-order valence-electron chi connectivity index (χ2n) is 3.81. The van der Waals surface area contributed by atoms with Crippen molar-refractivity contribution in [3.8, 4) is 0 Å². The van der Waals surface area contributed by atoms with Gasteiger partial charge in [0.15, 0.2) is 0 Å². The SMILES string of the molecule is CCCOCC(N)CCCc1cccs1. The second-order valence-corrected chi connectivity index (χ2v) is 4.84. The van der Waals surface area contributed by atoms with E-state index in [1.165, 1.54) is 4.88 Å². The number of hydrogen-bond donors (Lipinski definition) is 1. The van der Waals surface area contributed by atoms with Gasteiger partial charge in [-0.25, -0.2) is 0 Å². The van der Waals surface area contributed by atoms with Gasteiger partial charge in [-0.1, -0.05) is 13.0 Å². The monoisotopic (exact) mass is 227 g/mol. The van der Waals surface area contributed by atoms with Crippen LogP contribution in [0.1, 0.15) is 31.1 Å². The molecule has 0 aliphatic heterocycles. The van der Waals surface area contributed by atoms with Crippen molar-refractivity contribution >= 4 is 11.3 Å². The van der Waals surface area contributed by atoms with Gasteiger partial charge in [0, 0.05) is 17.5 Å². The Balaban J connectivity index is 1.99. The molecule has 2 nitrogen and oxygen atoms in total. The molecule has 15 heavy (non-hydrogen) atoms. The lowest BCUT2D eigenvalue weighted by Crippen LogP contribution is -2.26. The van der Waals surface area contributed by atoms with Crippen LogP contribution in [0.15, 0.2) is 17.5 Å². The normalized spacial score (nSPS) is 12.9.